The number of aromatic nitrogens is 4. The zero-order valence-electron chi connectivity index (χ0n) is 11.4. The van der Waals surface area contributed by atoms with E-state index in [-0.39, 0.29) is 17.3 Å². The number of rotatable bonds is 5. The number of aliphatic hydroxyl groups excluding tert-OH is 1. The highest BCUT2D eigenvalue weighted by molar-refractivity contribution is 6.05. The summed E-state index contributed by atoms with van der Waals surface area (Å²) in [5.41, 5.74) is 1.08. The molecule has 110 valence electrons. The van der Waals surface area contributed by atoms with E-state index in [4.69, 9.17) is 4.42 Å². The van der Waals surface area contributed by atoms with Crippen molar-refractivity contribution in [1.82, 2.24) is 20.6 Å². The third-order valence-electron chi connectivity index (χ3n) is 2.97. The Hall–Kier alpha value is -3.22. The predicted octanol–water partition coefficient (Wildman–Crippen LogP) is 2.17. The predicted molar refractivity (Wildman–Crippen MR) is 77.1 cm³/mol. The average molecular weight is 296 g/mol. The van der Waals surface area contributed by atoms with E-state index in [9.17, 15) is 9.90 Å². The molecule has 0 bridgehead atoms. The Morgan fingerprint density at radius 1 is 1.23 bits per heavy atom. The topological polar surface area (TPSA) is 105 Å². The molecule has 2 N–H and O–H groups in total. The SMILES string of the molecule is O=C(C=C(O)c1nn[nH]n1)c1ccc(Cc2ccccc2)o1. The Bertz CT molecular complexity index is 791. The maximum Gasteiger partial charge on any atom is 0.239 e. The van der Waals surface area contributed by atoms with Gasteiger partial charge in [-0.25, -0.2) is 0 Å². The maximum atomic E-state index is 12.0. The third kappa shape index (κ3) is 3.09. The van der Waals surface area contributed by atoms with E-state index in [0.717, 1.165) is 11.6 Å². The molecule has 0 fully saturated rings. The molecule has 0 spiro atoms. The molecule has 0 atom stereocenters. The first-order valence-corrected chi connectivity index (χ1v) is 6.54. The van der Waals surface area contributed by atoms with Gasteiger partial charge in [-0.3, -0.25) is 4.79 Å². The summed E-state index contributed by atoms with van der Waals surface area (Å²) in [5, 5.41) is 22.3. The lowest BCUT2D eigenvalue weighted by atomic mass is 10.1. The highest BCUT2D eigenvalue weighted by atomic mass is 16.3. The van der Waals surface area contributed by atoms with Crippen LogP contribution in [-0.4, -0.2) is 31.5 Å². The average Bonchev–Trinajstić information content (AvgIpc) is 3.19. The van der Waals surface area contributed by atoms with E-state index < -0.39 is 5.78 Å². The molecule has 0 saturated heterocycles. The number of H-pyrrole nitrogens is 1. The molecule has 7 nitrogen and oxygen atoms in total. The Morgan fingerprint density at radius 3 is 2.77 bits per heavy atom. The molecule has 0 aliphatic rings. The van der Waals surface area contributed by atoms with Crippen LogP contribution in [-0.2, 0) is 6.42 Å². The quantitative estimate of drug-likeness (QED) is 0.424. The molecular formula is C15H12N4O3. The number of carbonyl (C=O) groups excluding carboxylic acids is 1. The summed E-state index contributed by atoms with van der Waals surface area (Å²) in [7, 11) is 0. The number of hydrogen-bond acceptors (Lipinski definition) is 6. The van der Waals surface area contributed by atoms with E-state index in [0.29, 0.717) is 12.2 Å². The largest absolute Gasteiger partial charge is 0.504 e. The van der Waals surface area contributed by atoms with Gasteiger partial charge in [0.05, 0.1) is 0 Å². The van der Waals surface area contributed by atoms with Crippen molar-refractivity contribution < 1.29 is 14.3 Å². The summed E-state index contributed by atoms with van der Waals surface area (Å²) in [5.74, 6) is -0.0891. The van der Waals surface area contributed by atoms with Crippen LogP contribution >= 0.6 is 0 Å². The van der Waals surface area contributed by atoms with E-state index in [1.54, 1.807) is 12.1 Å². The molecule has 22 heavy (non-hydrogen) atoms. The van der Waals surface area contributed by atoms with E-state index in [1.165, 1.54) is 0 Å². The van der Waals surface area contributed by atoms with Gasteiger partial charge >= 0.3 is 0 Å². The number of aliphatic hydroxyl groups is 1. The number of tetrazole rings is 1. The Balaban J connectivity index is 1.73. The normalized spacial score (nSPS) is 11.5. The van der Waals surface area contributed by atoms with Gasteiger partial charge in [0.1, 0.15) is 5.76 Å². The lowest BCUT2D eigenvalue weighted by Gasteiger charge is -1.97. The van der Waals surface area contributed by atoms with Crippen molar-refractivity contribution in [2.75, 3.05) is 0 Å². The van der Waals surface area contributed by atoms with Crippen LogP contribution in [0.5, 0.6) is 0 Å². The number of nitrogens with one attached hydrogen (secondary N) is 1. The zero-order chi connectivity index (χ0) is 15.4. The summed E-state index contributed by atoms with van der Waals surface area (Å²) >= 11 is 0. The molecule has 0 saturated carbocycles. The molecule has 3 aromatic rings. The van der Waals surface area contributed by atoms with Crippen LogP contribution in [0.25, 0.3) is 5.76 Å². The zero-order valence-corrected chi connectivity index (χ0v) is 11.4. The van der Waals surface area contributed by atoms with Gasteiger partial charge in [0.25, 0.3) is 0 Å². The fourth-order valence-corrected chi connectivity index (χ4v) is 1.93. The van der Waals surface area contributed by atoms with Gasteiger partial charge in [0.2, 0.25) is 11.6 Å². The second-order valence-electron chi connectivity index (χ2n) is 4.56. The highest BCUT2D eigenvalue weighted by Crippen LogP contribution is 2.15. The second kappa shape index (κ2) is 6.04. The molecule has 0 unspecified atom stereocenters. The van der Waals surface area contributed by atoms with Gasteiger partial charge in [-0.2, -0.15) is 5.21 Å². The minimum Gasteiger partial charge on any atom is -0.504 e. The summed E-state index contributed by atoms with van der Waals surface area (Å²) in [4.78, 5) is 12.0. The van der Waals surface area contributed by atoms with Gasteiger partial charge in [0.15, 0.2) is 11.5 Å². The molecule has 2 aromatic heterocycles. The van der Waals surface area contributed by atoms with Gasteiger partial charge < -0.3 is 9.52 Å². The number of carbonyl (C=O) groups is 1. The highest BCUT2D eigenvalue weighted by Gasteiger charge is 2.13. The fraction of sp³-hybridized carbons (Fsp3) is 0.0667. The fourth-order valence-electron chi connectivity index (χ4n) is 1.93. The van der Waals surface area contributed by atoms with Crippen LogP contribution in [0.3, 0.4) is 0 Å². The molecule has 0 radical (unpaired) electrons. The van der Waals surface area contributed by atoms with Crippen molar-refractivity contribution in [3.8, 4) is 0 Å². The number of benzene rings is 1. The number of nitrogens with zero attached hydrogens (tertiary/aromatic N) is 3. The number of hydrogen-bond donors (Lipinski definition) is 2. The lowest BCUT2D eigenvalue weighted by molar-refractivity contribution is 0.101. The monoisotopic (exact) mass is 296 g/mol. The molecule has 2 heterocycles. The van der Waals surface area contributed by atoms with Crippen LogP contribution in [0.2, 0.25) is 0 Å². The first-order chi connectivity index (χ1) is 10.7. The Morgan fingerprint density at radius 2 is 2.05 bits per heavy atom. The van der Waals surface area contributed by atoms with E-state index in [1.807, 2.05) is 30.3 Å². The van der Waals surface area contributed by atoms with Crippen molar-refractivity contribution in [2.45, 2.75) is 6.42 Å². The van der Waals surface area contributed by atoms with Gasteiger partial charge in [0, 0.05) is 12.5 Å². The van der Waals surface area contributed by atoms with Crippen molar-refractivity contribution in [3.63, 3.8) is 0 Å². The van der Waals surface area contributed by atoms with Gasteiger partial charge in [-0.1, -0.05) is 30.3 Å². The van der Waals surface area contributed by atoms with Crippen LogP contribution in [0.15, 0.2) is 53.0 Å². The molecule has 0 amide bonds. The first-order valence-electron chi connectivity index (χ1n) is 6.54. The van der Waals surface area contributed by atoms with Crippen molar-refractivity contribution in [1.29, 1.82) is 0 Å². The molecular weight excluding hydrogens is 284 g/mol. The summed E-state index contributed by atoms with van der Waals surface area (Å²) in [6, 6.07) is 13.1. The lowest BCUT2D eigenvalue weighted by Crippen LogP contribution is -1.96. The summed E-state index contributed by atoms with van der Waals surface area (Å²) in [6.07, 6.45) is 1.59. The Labute approximate surface area is 125 Å². The smallest absolute Gasteiger partial charge is 0.239 e. The van der Waals surface area contributed by atoms with Crippen LogP contribution in [0.1, 0.15) is 27.7 Å². The molecule has 0 aliphatic heterocycles. The summed E-state index contributed by atoms with van der Waals surface area (Å²) in [6.45, 7) is 0. The van der Waals surface area contributed by atoms with Crippen LogP contribution in [0.4, 0.5) is 0 Å². The minimum absolute atomic E-state index is 0.0515. The van der Waals surface area contributed by atoms with Crippen molar-refractivity contribution >= 4 is 11.5 Å². The number of allylic oxidation sites excluding steroid dienone is 1. The Kier molecular flexibility index (Phi) is 3.78. The summed E-state index contributed by atoms with van der Waals surface area (Å²) < 4.78 is 5.50. The minimum atomic E-state index is -0.471. The number of aromatic amines is 1. The maximum absolute atomic E-state index is 12.0. The van der Waals surface area contributed by atoms with Gasteiger partial charge in [-0.15, -0.1) is 10.2 Å². The van der Waals surface area contributed by atoms with Crippen molar-refractivity contribution in [3.05, 3.63) is 71.4 Å². The molecule has 1 aromatic carbocycles. The van der Waals surface area contributed by atoms with E-state index >= 15 is 0 Å². The van der Waals surface area contributed by atoms with Crippen LogP contribution in [0, 0.1) is 0 Å². The van der Waals surface area contributed by atoms with Crippen molar-refractivity contribution in [2.24, 2.45) is 0 Å². The molecule has 7 heteroatoms. The van der Waals surface area contributed by atoms with Crippen LogP contribution < -0.4 is 0 Å². The molecule has 3 rings (SSSR count). The van der Waals surface area contributed by atoms with E-state index in [2.05, 4.69) is 20.6 Å². The second-order valence-corrected chi connectivity index (χ2v) is 4.56. The molecule has 0 aliphatic carbocycles. The van der Waals surface area contributed by atoms with Gasteiger partial charge in [-0.05, 0) is 22.9 Å². The number of ketones is 1. The number of furan rings is 1. The third-order valence-corrected chi connectivity index (χ3v) is 2.97. The standard InChI is InChI=1S/C15H12N4O3/c20-12(9-13(21)15-16-18-19-17-15)14-7-6-11(22-14)8-10-4-2-1-3-5-10/h1-7,9,21H,8H2,(H,16,17,18,19). The first kappa shape index (κ1) is 13.7.